The monoisotopic (exact) mass is 483 g/mol. The van der Waals surface area contributed by atoms with E-state index in [0.717, 1.165) is 68.7 Å². The van der Waals surface area contributed by atoms with E-state index in [1.165, 1.54) is 24.1 Å². The fourth-order valence-electron chi connectivity index (χ4n) is 6.36. The summed E-state index contributed by atoms with van der Waals surface area (Å²) in [7, 11) is 0. The number of hydrogen-bond acceptors (Lipinski definition) is 6. The number of rotatable bonds is 7. The van der Waals surface area contributed by atoms with Gasteiger partial charge in [-0.1, -0.05) is 37.3 Å². The van der Waals surface area contributed by atoms with Crippen LogP contribution in [-0.4, -0.2) is 57.2 Å². The summed E-state index contributed by atoms with van der Waals surface area (Å²) in [5.74, 6) is 3.82. The quantitative estimate of drug-likeness (QED) is 0.526. The van der Waals surface area contributed by atoms with E-state index in [4.69, 9.17) is 9.97 Å². The Hall–Kier alpha value is -3.42. The number of hydrogen-bond donors (Lipinski definition) is 2. The van der Waals surface area contributed by atoms with Gasteiger partial charge in [0, 0.05) is 61.8 Å². The second kappa shape index (κ2) is 8.32. The Morgan fingerprint density at radius 2 is 1.92 bits per heavy atom. The lowest BCUT2D eigenvalue weighted by Gasteiger charge is -2.25. The number of piperidine rings is 1. The van der Waals surface area contributed by atoms with Crippen LogP contribution in [-0.2, 0) is 11.2 Å². The Morgan fingerprint density at radius 1 is 1.11 bits per heavy atom. The number of likely N-dealkylation sites (tertiary alicyclic amines) is 1. The van der Waals surface area contributed by atoms with Crippen LogP contribution in [0.1, 0.15) is 55.5 Å². The number of fused-ring (bicyclic) bond motifs is 1. The molecule has 2 aliphatic heterocycles. The zero-order chi connectivity index (χ0) is 24.3. The number of benzene rings is 1. The molecule has 8 nitrogen and oxygen atoms in total. The molecule has 0 spiro atoms. The van der Waals surface area contributed by atoms with Gasteiger partial charge in [-0.3, -0.25) is 9.89 Å². The normalized spacial score (nSPS) is 26.8. The van der Waals surface area contributed by atoms with E-state index in [1.807, 2.05) is 12.1 Å². The van der Waals surface area contributed by atoms with Crippen molar-refractivity contribution in [2.24, 2.45) is 17.3 Å². The van der Waals surface area contributed by atoms with Crippen molar-refractivity contribution in [3.8, 4) is 0 Å². The molecule has 2 saturated heterocycles. The Bertz CT molecular complexity index is 1280. The number of nitrogens with zero attached hydrogens (tertiary/aromatic N) is 5. The number of carbonyl (C=O) groups is 1. The van der Waals surface area contributed by atoms with Gasteiger partial charge in [-0.05, 0) is 37.2 Å². The summed E-state index contributed by atoms with van der Waals surface area (Å²) in [6, 6.07) is 14.5. The average Bonchev–Trinajstić information content (AvgIpc) is 3.54. The Kier molecular flexibility index (Phi) is 5.04. The summed E-state index contributed by atoms with van der Waals surface area (Å²) in [6.07, 6.45) is 5.49. The third-order valence-corrected chi connectivity index (χ3v) is 8.63. The van der Waals surface area contributed by atoms with Crippen LogP contribution in [0.3, 0.4) is 0 Å². The molecule has 0 bridgehead atoms. The summed E-state index contributed by atoms with van der Waals surface area (Å²) < 4.78 is 0. The molecule has 2 saturated carbocycles. The average molecular weight is 484 g/mol. The van der Waals surface area contributed by atoms with Gasteiger partial charge in [0.15, 0.2) is 5.82 Å². The summed E-state index contributed by atoms with van der Waals surface area (Å²) in [4.78, 5) is 27.3. The van der Waals surface area contributed by atoms with Gasteiger partial charge < -0.3 is 15.1 Å². The summed E-state index contributed by atoms with van der Waals surface area (Å²) in [6.45, 7) is 5.79. The fourth-order valence-corrected chi connectivity index (χ4v) is 6.36. The van der Waals surface area contributed by atoms with Gasteiger partial charge in [0.05, 0.1) is 11.6 Å². The summed E-state index contributed by atoms with van der Waals surface area (Å²) in [5, 5.41) is 11.0. The van der Waals surface area contributed by atoms with Crippen LogP contribution < -0.4 is 10.2 Å². The van der Waals surface area contributed by atoms with Crippen molar-refractivity contribution < 1.29 is 4.79 Å². The van der Waals surface area contributed by atoms with Gasteiger partial charge in [-0.25, -0.2) is 4.98 Å². The maximum atomic E-state index is 13.1. The highest BCUT2D eigenvalue weighted by Gasteiger charge is 2.70. The first-order chi connectivity index (χ1) is 17.6. The molecule has 2 aliphatic carbocycles. The minimum atomic E-state index is 0.0212. The van der Waals surface area contributed by atoms with Crippen LogP contribution in [0.15, 0.2) is 42.5 Å². The lowest BCUT2D eigenvalue weighted by Crippen LogP contribution is -2.36. The number of nitrogens with one attached hydrogen (secondary N) is 2. The second-order valence-corrected chi connectivity index (χ2v) is 11.3. The fraction of sp³-hybridized carbons (Fsp3) is 0.500. The SMILES string of the molecule is C[C@]12CN(c3nc(Cc4ccccc4)cc(Nc4cc(C5CC5)[nH]n4)n3)C[C@H]1[C@@H]2C(=O)N1CCCC1. The molecule has 1 aromatic carbocycles. The predicted octanol–water partition coefficient (Wildman–Crippen LogP) is 4.11. The van der Waals surface area contributed by atoms with E-state index >= 15 is 0 Å². The van der Waals surface area contributed by atoms with Crippen LogP contribution in [0.25, 0.3) is 0 Å². The second-order valence-electron chi connectivity index (χ2n) is 11.3. The van der Waals surface area contributed by atoms with Crippen molar-refractivity contribution in [3.63, 3.8) is 0 Å². The van der Waals surface area contributed by atoms with Crippen molar-refractivity contribution in [1.29, 1.82) is 0 Å². The van der Waals surface area contributed by atoms with Crippen LogP contribution in [0, 0.1) is 17.3 Å². The number of H-pyrrole nitrogens is 1. The molecule has 3 atom stereocenters. The van der Waals surface area contributed by atoms with Gasteiger partial charge in [0.2, 0.25) is 11.9 Å². The third-order valence-electron chi connectivity index (χ3n) is 8.63. The number of aromatic nitrogens is 4. The lowest BCUT2D eigenvalue weighted by atomic mass is 10.1. The number of aromatic amines is 1. The first-order valence-corrected chi connectivity index (χ1v) is 13.3. The highest BCUT2D eigenvalue weighted by Crippen LogP contribution is 2.64. The van der Waals surface area contributed by atoms with E-state index in [-0.39, 0.29) is 11.3 Å². The molecule has 36 heavy (non-hydrogen) atoms. The van der Waals surface area contributed by atoms with Crippen molar-refractivity contribution >= 4 is 23.5 Å². The highest BCUT2D eigenvalue weighted by atomic mass is 16.2. The zero-order valence-corrected chi connectivity index (χ0v) is 20.8. The zero-order valence-electron chi connectivity index (χ0n) is 20.8. The van der Waals surface area contributed by atoms with Gasteiger partial charge in [0.25, 0.3) is 0 Å². The molecule has 4 heterocycles. The minimum Gasteiger partial charge on any atom is -0.342 e. The molecular formula is C28H33N7O. The van der Waals surface area contributed by atoms with E-state index in [0.29, 0.717) is 17.7 Å². The Morgan fingerprint density at radius 3 is 2.64 bits per heavy atom. The van der Waals surface area contributed by atoms with Crippen LogP contribution in [0.4, 0.5) is 17.6 Å². The van der Waals surface area contributed by atoms with E-state index in [1.54, 1.807) is 0 Å². The predicted molar refractivity (Wildman–Crippen MR) is 138 cm³/mol. The van der Waals surface area contributed by atoms with Crippen molar-refractivity contribution in [1.82, 2.24) is 25.1 Å². The lowest BCUT2D eigenvalue weighted by molar-refractivity contribution is -0.132. The topological polar surface area (TPSA) is 90.0 Å². The molecule has 4 fully saturated rings. The molecule has 2 aromatic heterocycles. The maximum absolute atomic E-state index is 13.1. The van der Waals surface area contributed by atoms with E-state index in [9.17, 15) is 4.79 Å². The molecule has 1 amide bonds. The first-order valence-electron chi connectivity index (χ1n) is 13.3. The van der Waals surface area contributed by atoms with Gasteiger partial charge in [0.1, 0.15) is 5.82 Å². The van der Waals surface area contributed by atoms with Gasteiger partial charge in [-0.2, -0.15) is 10.1 Å². The van der Waals surface area contributed by atoms with Crippen LogP contribution in [0.5, 0.6) is 0 Å². The molecule has 2 N–H and O–H groups in total. The molecule has 0 unspecified atom stereocenters. The van der Waals surface area contributed by atoms with Crippen LogP contribution in [0.2, 0.25) is 0 Å². The molecule has 0 radical (unpaired) electrons. The first kappa shape index (κ1) is 21.8. The van der Waals surface area contributed by atoms with E-state index in [2.05, 4.69) is 62.6 Å². The van der Waals surface area contributed by atoms with Gasteiger partial charge in [-0.15, -0.1) is 0 Å². The Balaban J connectivity index is 1.13. The molecule has 4 aliphatic rings. The summed E-state index contributed by atoms with van der Waals surface area (Å²) >= 11 is 0. The maximum Gasteiger partial charge on any atom is 0.227 e. The summed E-state index contributed by atoms with van der Waals surface area (Å²) in [5.41, 5.74) is 3.41. The van der Waals surface area contributed by atoms with E-state index < -0.39 is 0 Å². The van der Waals surface area contributed by atoms with Crippen molar-refractivity contribution in [2.45, 2.75) is 44.9 Å². The standard InChI is InChI=1S/C28H33N7O/c1-28-17-35(16-21(28)25(28)26(36)34-11-5-6-12-34)27-29-20(13-18-7-3-2-4-8-18)14-23(31-27)30-24-15-22(32-33-24)19-9-10-19/h2-4,7-8,14-15,19,21,25H,5-6,9-13,16-17H2,1H3,(H2,29,30,31,32,33)/t21-,25+,28-/m0/s1. The molecule has 186 valence electrons. The largest absolute Gasteiger partial charge is 0.342 e. The molecular weight excluding hydrogens is 450 g/mol. The van der Waals surface area contributed by atoms with Crippen molar-refractivity contribution in [3.05, 3.63) is 59.4 Å². The number of anilines is 3. The smallest absolute Gasteiger partial charge is 0.227 e. The number of carbonyl (C=O) groups excluding carboxylic acids is 1. The van der Waals surface area contributed by atoms with Gasteiger partial charge >= 0.3 is 0 Å². The minimum absolute atomic E-state index is 0.0212. The van der Waals surface area contributed by atoms with Crippen molar-refractivity contribution in [2.75, 3.05) is 36.4 Å². The third kappa shape index (κ3) is 3.92. The Labute approximate surface area is 211 Å². The number of amides is 1. The molecule has 3 aromatic rings. The molecule has 7 rings (SSSR count). The highest BCUT2D eigenvalue weighted by molar-refractivity contribution is 5.84. The van der Waals surface area contributed by atoms with Crippen LogP contribution >= 0.6 is 0 Å². The molecule has 8 heteroatoms.